The first-order valence-electron chi connectivity index (χ1n) is 4.41. The molecule has 13 heavy (non-hydrogen) atoms. The van der Waals surface area contributed by atoms with Crippen LogP contribution in [0.15, 0.2) is 12.1 Å². The highest BCUT2D eigenvalue weighted by atomic mass is 15.3. The summed E-state index contributed by atoms with van der Waals surface area (Å²) in [6.45, 7) is 3.98. The number of nitrogen functional groups attached to an aromatic ring is 1. The molecule has 5 heteroatoms. The monoisotopic (exact) mass is 179 g/mol. The summed E-state index contributed by atoms with van der Waals surface area (Å²) in [5.74, 6) is 1.38. The van der Waals surface area contributed by atoms with Gasteiger partial charge in [-0.3, -0.25) is 0 Å². The van der Waals surface area contributed by atoms with Gasteiger partial charge in [-0.25, -0.2) is 0 Å². The number of hydrogen-bond acceptors (Lipinski definition) is 5. The molecule has 0 amide bonds. The molecule has 0 saturated carbocycles. The van der Waals surface area contributed by atoms with Crippen molar-refractivity contribution in [2.45, 2.75) is 0 Å². The molecule has 1 fully saturated rings. The number of aromatic nitrogens is 2. The SMILES string of the molecule is Nc1ccc(N2CCNCC2)nn1. The molecule has 5 nitrogen and oxygen atoms in total. The van der Waals surface area contributed by atoms with Crippen molar-refractivity contribution in [2.24, 2.45) is 0 Å². The van der Waals surface area contributed by atoms with Crippen LogP contribution >= 0.6 is 0 Å². The van der Waals surface area contributed by atoms with Gasteiger partial charge in [0, 0.05) is 26.2 Å². The van der Waals surface area contributed by atoms with Gasteiger partial charge in [-0.1, -0.05) is 0 Å². The normalized spacial score (nSPS) is 17.4. The molecular weight excluding hydrogens is 166 g/mol. The molecule has 1 saturated heterocycles. The van der Waals surface area contributed by atoms with E-state index in [1.54, 1.807) is 6.07 Å². The van der Waals surface area contributed by atoms with Gasteiger partial charge >= 0.3 is 0 Å². The molecule has 2 rings (SSSR count). The van der Waals surface area contributed by atoms with Crippen LogP contribution in [0, 0.1) is 0 Å². The van der Waals surface area contributed by atoms with Crippen LogP contribution in [0.4, 0.5) is 11.6 Å². The number of piperazine rings is 1. The van der Waals surface area contributed by atoms with Gasteiger partial charge in [0.2, 0.25) is 0 Å². The zero-order valence-electron chi connectivity index (χ0n) is 7.40. The zero-order valence-corrected chi connectivity index (χ0v) is 7.40. The summed E-state index contributed by atoms with van der Waals surface area (Å²) in [5, 5.41) is 11.1. The molecule has 1 aliphatic heterocycles. The van der Waals surface area contributed by atoms with E-state index in [1.807, 2.05) is 6.07 Å². The van der Waals surface area contributed by atoms with Crippen LogP contribution in [-0.4, -0.2) is 36.4 Å². The zero-order chi connectivity index (χ0) is 9.10. The summed E-state index contributed by atoms with van der Waals surface area (Å²) >= 11 is 0. The third-order valence-electron chi connectivity index (χ3n) is 2.11. The van der Waals surface area contributed by atoms with Crippen LogP contribution < -0.4 is 16.0 Å². The average molecular weight is 179 g/mol. The molecule has 0 bridgehead atoms. The molecule has 0 unspecified atom stereocenters. The van der Waals surface area contributed by atoms with Gasteiger partial charge in [-0.2, -0.15) is 0 Å². The first-order chi connectivity index (χ1) is 6.36. The van der Waals surface area contributed by atoms with Gasteiger partial charge in [-0.05, 0) is 12.1 Å². The second-order valence-corrected chi connectivity index (χ2v) is 3.05. The van der Waals surface area contributed by atoms with Crippen molar-refractivity contribution in [2.75, 3.05) is 36.8 Å². The van der Waals surface area contributed by atoms with Gasteiger partial charge < -0.3 is 16.0 Å². The minimum Gasteiger partial charge on any atom is -0.382 e. The summed E-state index contributed by atoms with van der Waals surface area (Å²) < 4.78 is 0. The lowest BCUT2D eigenvalue weighted by molar-refractivity contribution is 0.583. The highest BCUT2D eigenvalue weighted by molar-refractivity contribution is 5.41. The van der Waals surface area contributed by atoms with Crippen molar-refractivity contribution < 1.29 is 0 Å². The van der Waals surface area contributed by atoms with Crippen molar-refractivity contribution >= 4 is 11.6 Å². The highest BCUT2D eigenvalue weighted by Crippen LogP contribution is 2.10. The first-order valence-corrected chi connectivity index (χ1v) is 4.41. The standard InChI is InChI=1S/C8H13N5/c9-7-1-2-8(12-11-7)13-5-3-10-4-6-13/h1-2,10H,3-6H2,(H2,9,11). The number of nitrogens with one attached hydrogen (secondary N) is 1. The first kappa shape index (κ1) is 8.25. The number of hydrogen-bond donors (Lipinski definition) is 2. The van der Waals surface area contributed by atoms with E-state index < -0.39 is 0 Å². The summed E-state index contributed by atoms with van der Waals surface area (Å²) in [4.78, 5) is 2.20. The van der Waals surface area contributed by atoms with Crippen molar-refractivity contribution in [1.82, 2.24) is 15.5 Å². The number of nitrogens with zero attached hydrogens (tertiary/aromatic N) is 3. The summed E-state index contributed by atoms with van der Waals surface area (Å²) in [7, 11) is 0. The molecule has 0 aromatic carbocycles. The molecule has 3 N–H and O–H groups in total. The highest BCUT2D eigenvalue weighted by Gasteiger charge is 2.11. The van der Waals surface area contributed by atoms with E-state index >= 15 is 0 Å². The van der Waals surface area contributed by atoms with Crippen LogP contribution in [0.3, 0.4) is 0 Å². The van der Waals surface area contributed by atoms with Crippen LogP contribution in [0.2, 0.25) is 0 Å². The van der Waals surface area contributed by atoms with Gasteiger partial charge in [0.05, 0.1) is 0 Å². The van der Waals surface area contributed by atoms with Crippen LogP contribution in [-0.2, 0) is 0 Å². The summed E-state index contributed by atoms with van der Waals surface area (Å²) in [5.41, 5.74) is 5.45. The Balaban J connectivity index is 2.10. The predicted octanol–water partition coefficient (Wildman–Crippen LogP) is -0.532. The Morgan fingerprint density at radius 2 is 2.00 bits per heavy atom. The Morgan fingerprint density at radius 3 is 2.62 bits per heavy atom. The maximum atomic E-state index is 5.45. The molecule has 0 aliphatic carbocycles. The minimum absolute atomic E-state index is 0.471. The molecule has 1 aliphatic rings. The fraction of sp³-hybridized carbons (Fsp3) is 0.500. The van der Waals surface area contributed by atoms with Gasteiger partial charge in [-0.15, -0.1) is 10.2 Å². The number of nitrogens with two attached hydrogens (primary N) is 1. The van der Waals surface area contributed by atoms with Crippen molar-refractivity contribution in [3.8, 4) is 0 Å². The Kier molecular flexibility index (Phi) is 2.27. The maximum absolute atomic E-state index is 5.45. The molecule has 0 radical (unpaired) electrons. The Labute approximate surface area is 76.9 Å². The van der Waals surface area contributed by atoms with Crippen molar-refractivity contribution in [3.05, 3.63) is 12.1 Å². The number of rotatable bonds is 1. The van der Waals surface area contributed by atoms with Crippen LogP contribution in [0.1, 0.15) is 0 Å². The minimum atomic E-state index is 0.471. The molecule has 0 spiro atoms. The Hall–Kier alpha value is -1.36. The average Bonchev–Trinajstić information content (AvgIpc) is 2.20. The van der Waals surface area contributed by atoms with Crippen molar-refractivity contribution in [1.29, 1.82) is 0 Å². The number of anilines is 2. The summed E-state index contributed by atoms with van der Waals surface area (Å²) in [6.07, 6.45) is 0. The van der Waals surface area contributed by atoms with Crippen LogP contribution in [0.25, 0.3) is 0 Å². The predicted molar refractivity (Wildman–Crippen MR) is 51.5 cm³/mol. The molecule has 0 atom stereocenters. The fourth-order valence-electron chi connectivity index (χ4n) is 1.40. The van der Waals surface area contributed by atoms with Gasteiger partial charge in [0.15, 0.2) is 5.82 Å². The fourth-order valence-corrected chi connectivity index (χ4v) is 1.40. The Morgan fingerprint density at radius 1 is 1.23 bits per heavy atom. The second-order valence-electron chi connectivity index (χ2n) is 3.05. The largest absolute Gasteiger partial charge is 0.382 e. The van der Waals surface area contributed by atoms with E-state index in [0.717, 1.165) is 32.0 Å². The lowest BCUT2D eigenvalue weighted by atomic mass is 10.3. The topological polar surface area (TPSA) is 67.1 Å². The van der Waals surface area contributed by atoms with Crippen molar-refractivity contribution in [3.63, 3.8) is 0 Å². The van der Waals surface area contributed by atoms with Gasteiger partial charge in [0.1, 0.15) is 5.82 Å². The quantitative estimate of drug-likeness (QED) is 0.606. The third-order valence-corrected chi connectivity index (χ3v) is 2.11. The Bertz CT molecular complexity index is 264. The smallest absolute Gasteiger partial charge is 0.151 e. The lowest BCUT2D eigenvalue weighted by Gasteiger charge is -2.27. The van der Waals surface area contributed by atoms with Gasteiger partial charge in [0.25, 0.3) is 0 Å². The third kappa shape index (κ3) is 1.86. The second kappa shape index (κ2) is 3.57. The molecule has 1 aromatic heterocycles. The van der Waals surface area contributed by atoms with E-state index in [-0.39, 0.29) is 0 Å². The molecule has 2 heterocycles. The van der Waals surface area contributed by atoms with E-state index in [1.165, 1.54) is 0 Å². The summed E-state index contributed by atoms with van der Waals surface area (Å²) in [6, 6.07) is 3.69. The van der Waals surface area contributed by atoms with E-state index in [0.29, 0.717) is 5.82 Å². The van der Waals surface area contributed by atoms with E-state index in [2.05, 4.69) is 20.4 Å². The van der Waals surface area contributed by atoms with E-state index in [4.69, 9.17) is 5.73 Å². The molecular formula is C8H13N5. The molecule has 1 aromatic rings. The lowest BCUT2D eigenvalue weighted by Crippen LogP contribution is -2.43. The van der Waals surface area contributed by atoms with Crippen LogP contribution in [0.5, 0.6) is 0 Å². The maximum Gasteiger partial charge on any atom is 0.151 e. The molecule has 70 valence electrons. The van der Waals surface area contributed by atoms with E-state index in [9.17, 15) is 0 Å².